The van der Waals surface area contributed by atoms with E-state index in [1.54, 1.807) is 0 Å². The highest BCUT2D eigenvalue weighted by Gasteiger charge is 2.32. The van der Waals surface area contributed by atoms with Gasteiger partial charge in [0, 0.05) is 35.1 Å². The van der Waals surface area contributed by atoms with Crippen LogP contribution in [0.25, 0.3) is 0 Å². The largest absolute Gasteiger partial charge is 0.490 e. The average molecular weight is 598 g/mol. The number of ether oxygens (including phenoxy) is 2. The lowest BCUT2D eigenvalue weighted by atomic mass is 10.0. The van der Waals surface area contributed by atoms with E-state index in [-0.39, 0.29) is 36.2 Å². The van der Waals surface area contributed by atoms with E-state index >= 15 is 0 Å². The summed E-state index contributed by atoms with van der Waals surface area (Å²) in [5.74, 6) is -0.453. The van der Waals surface area contributed by atoms with Gasteiger partial charge < -0.3 is 19.7 Å². The van der Waals surface area contributed by atoms with E-state index in [4.69, 9.17) is 9.47 Å². The van der Waals surface area contributed by atoms with Gasteiger partial charge in [0.05, 0.1) is 12.0 Å². The molecular formula is C29H32BrN3O6. The van der Waals surface area contributed by atoms with Crippen molar-refractivity contribution in [3.8, 4) is 11.5 Å². The summed E-state index contributed by atoms with van der Waals surface area (Å²) in [6, 6.07) is 20.2. The molecule has 0 aliphatic heterocycles. The predicted molar refractivity (Wildman–Crippen MR) is 152 cm³/mol. The van der Waals surface area contributed by atoms with E-state index in [0.29, 0.717) is 6.42 Å². The van der Waals surface area contributed by atoms with E-state index in [2.05, 4.69) is 21.2 Å². The van der Waals surface area contributed by atoms with Gasteiger partial charge in [-0.1, -0.05) is 58.4 Å². The standard InChI is InChI=1S/C29H32BrN3O6/c1-29(2,3)31-28(35)25(16-20-8-6-5-7-9-20)32(18-21-10-12-22(30)13-11-21)27(34)19-39-23-14-15-24(33(36)37)26(17-23)38-4/h5-15,17,25H,16,18-19H2,1-4H3,(H,31,35)/t25-/m1/s1. The van der Waals surface area contributed by atoms with Crippen molar-refractivity contribution in [2.24, 2.45) is 0 Å². The molecule has 0 saturated carbocycles. The molecule has 0 aliphatic carbocycles. The van der Waals surface area contributed by atoms with Crippen LogP contribution < -0.4 is 14.8 Å². The maximum Gasteiger partial charge on any atom is 0.311 e. The number of carbonyl (C=O) groups excluding carboxylic acids is 2. The summed E-state index contributed by atoms with van der Waals surface area (Å²) in [4.78, 5) is 39.4. The minimum atomic E-state index is -0.822. The van der Waals surface area contributed by atoms with Crippen molar-refractivity contribution in [1.29, 1.82) is 0 Å². The van der Waals surface area contributed by atoms with Crippen LogP contribution >= 0.6 is 15.9 Å². The molecule has 0 fully saturated rings. The van der Waals surface area contributed by atoms with Crippen molar-refractivity contribution in [2.75, 3.05) is 13.7 Å². The first-order valence-electron chi connectivity index (χ1n) is 12.3. The molecule has 39 heavy (non-hydrogen) atoms. The van der Waals surface area contributed by atoms with E-state index < -0.39 is 22.4 Å². The van der Waals surface area contributed by atoms with Gasteiger partial charge in [-0.05, 0) is 50.1 Å². The number of rotatable bonds is 11. The summed E-state index contributed by atoms with van der Waals surface area (Å²) in [5.41, 5.74) is 1.02. The maximum atomic E-state index is 13.7. The van der Waals surface area contributed by atoms with E-state index in [1.807, 2.05) is 75.4 Å². The topological polar surface area (TPSA) is 111 Å². The predicted octanol–water partition coefficient (Wildman–Crippen LogP) is 5.30. The number of methoxy groups -OCH3 is 1. The number of nitrogens with zero attached hydrogens (tertiary/aromatic N) is 2. The molecule has 0 aromatic heterocycles. The van der Waals surface area contributed by atoms with Crippen LogP contribution in [0.2, 0.25) is 0 Å². The summed E-state index contributed by atoms with van der Waals surface area (Å²) in [7, 11) is 1.32. The number of halogens is 1. The van der Waals surface area contributed by atoms with Crippen molar-refractivity contribution < 1.29 is 24.0 Å². The Morgan fingerprint density at radius 2 is 1.69 bits per heavy atom. The third kappa shape index (κ3) is 8.81. The summed E-state index contributed by atoms with van der Waals surface area (Å²) >= 11 is 3.43. The summed E-state index contributed by atoms with van der Waals surface area (Å²) in [6.07, 6.45) is 0.302. The molecule has 3 aromatic rings. The SMILES string of the molecule is COc1cc(OCC(=O)N(Cc2ccc(Br)cc2)[C@H](Cc2ccccc2)C(=O)NC(C)(C)C)ccc1[N+](=O)[O-]. The molecule has 0 bridgehead atoms. The van der Waals surface area contributed by atoms with Crippen LogP contribution in [0.3, 0.4) is 0 Å². The van der Waals surface area contributed by atoms with Gasteiger partial charge in [-0.15, -0.1) is 0 Å². The van der Waals surface area contributed by atoms with Gasteiger partial charge in [0.15, 0.2) is 6.61 Å². The highest BCUT2D eigenvalue weighted by molar-refractivity contribution is 9.10. The lowest BCUT2D eigenvalue weighted by Crippen LogP contribution is -2.55. The first-order chi connectivity index (χ1) is 18.5. The number of amides is 2. The second kappa shape index (κ2) is 13.2. The molecule has 0 aliphatic rings. The number of hydrogen-bond acceptors (Lipinski definition) is 6. The molecular weight excluding hydrogens is 566 g/mol. The fourth-order valence-corrected chi connectivity index (χ4v) is 4.18. The number of benzene rings is 3. The van der Waals surface area contributed by atoms with Crippen LogP contribution in [0.5, 0.6) is 11.5 Å². The number of nitro benzene ring substituents is 1. The molecule has 1 atom stereocenters. The van der Waals surface area contributed by atoms with Crippen molar-refractivity contribution in [3.05, 3.63) is 98.5 Å². The van der Waals surface area contributed by atoms with Gasteiger partial charge in [-0.25, -0.2) is 0 Å². The third-order valence-electron chi connectivity index (χ3n) is 5.75. The summed E-state index contributed by atoms with van der Waals surface area (Å²) in [5, 5.41) is 14.2. The van der Waals surface area contributed by atoms with Gasteiger partial charge in [0.1, 0.15) is 11.8 Å². The Morgan fingerprint density at radius 3 is 2.28 bits per heavy atom. The Morgan fingerprint density at radius 1 is 1.03 bits per heavy atom. The van der Waals surface area contributed by atoms with Crippen LogP contribution in [0.1, 0.15) is 31.9 Å². The van der Waals surface area contributed by atoms with Gasteiger partial charge in [-0.2, -0.15) is 0 Å². The Hall–Kier alpha value is -3.92. The Kier molecular flexibility index (Phi) is 10.1. The van der Waals surface area contributed by atoms with Crippen LogP contribution in [-0.4, -0.2) is 46.9 Å². The summed E-state index contributed by atoms with van der Waals surface area (Å²) < 4.78 is 11.7. The molecule has 206 valence electrons. The second-order valence-corrected chi connectivity index (χ2v) is 10.9. The smallest absolute Gasteiger partial charge is 0.311 e. The van der Waals surface area contributed by atoms with Gasteiger partial charge >= 0.3 is 5.69 Å². The fraction of sp³-hybridized carbons (Fsp3) is 0.310. The number of hydrogen-bond donors (Lipinski definition) is 1. The minimum Gasteiger partial charge on any atom is -0.490 e. The van der Waals surface area contributed by atoms with Gasteiger partial charge in [0.25, 0.3) is 5.91 Å². The minimum absolute atomic E-state index is 0.0168. The van der Waals surface area contributed by atoms with E-state index in [9.17, 15) is 19.7 Å². The molecule has 0 saturated heterocycles. The molecule has 3 rings (SSSR count). The number of nitrogens with one attached hydrogen (secondary N) is 1. The van der Waals surface area contributed by atoms with Crippen molar-refractivity contribution in [1.82, 2.24) is 10.2 Å². The van der Waals surface area contributed by atoms with Gasteiger partial charge in [0.2, 0.25) is 11.7 Å². The normalized spacial score (nSPS) is 11.8. The third-order valence-corrected chi connectivity index (χ3v) is 6.27. The lowest BCUT2D eigenvalue weighted by Gasteiger charge is -2.33. The lowest BCUT2D eigenvalue weighted by molar-refractivity contribution is -0.385. The highest BCUT2D eigenvalue weighted by atomic mass is 79.9. The Balaban J connectivity index is 1.93. The first-order valence-corrected chi connectivity index (χ1v) is 13.1. The molecule has 0 unspecified atom stereocenters. The quantitative estimate of drug-likeness (QED) is 0.237. The Bertz CT molecular complexity index is 1290. The fourth-order valence-electron chi connectivity index (χ4n) is 3.92. The molecule has 1 N–H and O–H groups in total. The van der Waals surface area contributed by atoms with Gasteiger partial charge in [-0.3, -0.25) is 19.7 Å². The Labute approximate surface area is 236 Å². The zero-order valence-electron chi connectivity index (χ0n) is 22.3. The molecule has 9 nitrogen and oxygen atoms in total. The van der Waals surface area contributed by atoms with Crippen molar-refractivity contribution in [3.63, 3.8) is 0 Å². The van der Waals surface area contributed by atoms with Crippen LogP contribution in [-0.2, 0) is 22.6 Å². The van der Waals surface area contributed by atoms with Crippen molar-refractivity contribution in [2.45, 2.75) is 45.3 Å². The highest BCUT2D eigenvalue weighted by Crippen LogP contribution is 2.31. The second-order valence-electron chi connectivity index (χ2n) is 9.97. The van der Waals surface area contributed by atoms with Crippen LogP contribution in [0.15, 0.2) is 77.3 Å². The molecule has 0 radical (unpaired) electrons. The molecule has 3 aromatic carbocycles. The molecule has 10 heteroatoms. The molecule has 0 heterocycles. The zero-order valence-corrected chi connectivity index (χ0v) is 23.9. The number of nitro groups is 1. The number of carbonyl (C=O) groups is 2. The van der Waals surface area contributed by atoms with E-state index in [1.165, 1.54) is 30.2 Å². The summed E-state index contributed by atoms with van der Waals surface area (Å²) in [6.45, 7) is 5.45. The van der Waals surface area contributed by atoms with Crippen LogP contribution in [0.4, 0.5) is 5.69 Å². The molecule has 0 spiro atoms. The maximum absolute atomic E-state index is 13.7. The van der Waals surface area contributed by atoms with E-state index in [0.717, 1.165) is 15.6 Å². The molecule has 2 amide bonds. The first kappa shape index (κ1) is 29.6. The van der Waals surface area contributed by atoms with Crippen molar-refractivity contribution >= 4 is 33.4 Å². The average Bonchev–Trinajstić information content (AvgIpc) is 2.89. The van der Waals surface area contributed by atoms with Crippen LogP contribution in [0, 0.1) is 10.1 Å². The monoisotopic (exact) mass is 597 g/mol. The zero-order chi connectivity index (χ0) is 28.6.